The summed E-state index contributed by atoms with van der Waals surface area (Å²) in [6, 6.07) is 15.1. The van der Waals surface area contributed by atoms with E-state index in [1.807, 2.05) is 48.5 Å². The number of ether oxygens (including phenoxy) is 2. The summed E-state index contributed by atoms with van der Waals surface area (Å²) < 4.78 is 10.9. The van der Waals surface area contributed by atoms with Crippen molar-refractivity contribution in [3.05, 3.63) is 59.7 Å². The Morgan fingerprint density at radius 2 is 1.86 bits per heavy atom. The smallest absolute Gasteiger partial charge is 0.167 e. The molecule has 0 unspecified atom stereocenters. The number of ketones is 1. The average molecular weight is 296 g/mol. The molecule has 0 bridgehead atoms. The average Bonchev–Trinajstić information content (AvgIpc) is 3.38. The molecule has 3 nitrogen and oxygen atoms in total. The van der Waals surface area contributed by atoms with Crippen molar-refractivity contribution < 1.29 is 14.3 Å². The van der Waals surface area contributed by atoms with E-state index < -0.39 is 0 Å². The van der Waals surface area contributed by atoms with Gasteiger partial charge < -0.3 is 9.47 Å². The first-order valence-corrected chi connectivity index (χ1v) is 7.63. The molecule has 0 saturated heterocycles. The molecule has 0 amide bonds. The third kappa shape index (κ3) is 3.88. The van der Waals surface area contributed by atoms with E-state index in [2.05, 4.69) is 0 Å². The van der Waals surface area contributed by atoms with Crippen LogP contribution < -0.4 is 9.47 Å². The number of carbonyl (C=O) groups is 1. The molecule has 2 aromatic rings. The zero-order valence-corrected chi connectivity index (χ0v) is 12.7. The lowest BCUT2D eigenvalue weighted by molar-refractivity contribution is 0.0992. The Labute approximate surface area is 130 Å². The second-order valence-electron chi connectivity index (χ2n) is 5.73. The van der Waals surface area contributed by atoms with Crippen LogP contribution in [0.25, 0.3) is 0 Å². The molecule has 0 aromatic heterocycles. The van der Waals surface area contributed by atoms with Gasteiger partial charge in [-0.3, -0.25) is 4.79 Å². The topological polar surface area (TPSA) is 35.5 Å². The van der Waals surface area contributed by atoms with Crippen LogP contribution in [0.3, 0.4) is 0 Å². The highest BCUT2D eigenvalue weighted by Gasteiger charge is 2.22. The molecule has 1 aliphatic carbocycles. The van der Waals surface area contributed by atoms with Crippen LogP contribution in [0.1, 0.15) is 28.8 Å². The predicted octanol–water partition coefficient (Wildman–Crippen LogP) is 3.91. The fourth-order valence-electron chi connectivity index (χ4n) is 2.29. The zero-order chi connectivity index (χ0) is 15.4. The minimum atomic E-state index is 0.0991. The summed E-state index contributed by atoms with van der Waals surface area (Å²) in [5.41, 5.74) is 1.68. The van der Waals surface area contributed by atoms with Crippen molar-refractivity contribution in [2.45, 2.75) is 19.3 Å². The maximum atomic E-state index is 12.4. The van der Waals surface area contributed by atoms with Gasteiger partial charge in [0, 0.05) is 12.0 Å². The summed E-state index contributed by atoms with van der Waals surface area (Å²) >= 11 is 0. The minimum absolute atomic E-state index is 0.0991. The third-order valence-electron chi connectivity index (χ3n) is 3.86. The summed E-state index contributed by atoms with van der Waals surface area (Å²) in [5.74, 6) is 2.39. The number of methoxy groups -OCH3 is 1. The summed E-state index contributed by atoms with van der Waals surface area (Å²) in [6.07, 6.45) is 2.91. The molecule has 0 radical (unpaired) electrons. The van der Waals surface area contributed by atoms with E-state index in [4.69, 9.17) is 9.47 Å². The zero-order valence-electron chi connectivity index (χ0n) is 12.7. The number of hydrogen-bond donors (Lipinski definition) is 0. The molecular formula is C19H20O3. The Morgan fingerprint density at radius 3 is 2.55 bits per heavy atom. The lowest BCUT2D eigenvalue weighted by Gasteiger charge is -2.07. The van der Waals surface area contributed by atoms with E-state index in [9.17, 15) is 4.79 Å². The maximum Gasteiger partial charge on any atom is 0.167 e. The first-order chi connectivity index (χ1) is 10.7. The Balaban J connectivity index is 1.63. The molecule has 1 saturated carbocycles. The Hall–Kier alpha value is -2.29. The van der Waals surface area contributed by atoms with Crippen molar-refractivity contribution in [3.8, 4) is 11.5 Å². The van der Waals surface area contributed by atoms with Gasteiger partial charge in [0.15, 0.2) is 5.78 Å². The van der Waals surface area contributed by atoms with Gasteiger partial charge in [-0.15, -0.1) is 0 Å². The van der Waals surface area contributed by atoms with Crippen LogP contribution in [0.2, 0.25) is 0 Å². The van der Waals surface area contributed by atoms with Crippen molar-refractivity contribution >= 4 is 5.78 Å². The molecule has 0 spiro atoms. The molecule has 114 valence electrons. The Morgan fingerprint density at radius 1 is 1.09 bits per heavy atom. The fourth-order valence-corrected chi connectivity index (χ4v) is 2.29. The molecule has 22 heavy (non-hydrogen) atoms. The van der Waals surface area contributed by atoms with Gasteiger partial charge in [-0.05, 0) is 48.6 Å². The van der Waals surface area contributed by atoms with Crippen LogP contribution in [0.15, 0.2) is 48.5 Å². The monoisotopic (exact) mass is 296 g/mol. The lowest BCUT2D eigenvalue weighted by atomic mass is 10.0. The molecule has 2 aromatic carbocycles. The van der Waals surface area contributed by atoms with Crippen LogP contribution >= 0.6 is 0 Å². The lowest BCUT2D eigenvalue weighted by Crippen LogP contribution is -2.05. The second-order valence-corrected chi connectivity index (χ2v) is 5.73. The molecular weight excluding hydrogens is 276 g/mol. The van der Waals surface area contributed by atoms with E-state index >= 15 is 0 Å². The van der Waals surface area contributed by atoms with Gasteiger partial charge in [-0.25, -0.2) is 0 Å². The van der Waals surface area contributed by atoms with Gasteiger partial charge in [0.25, 0.3) is 0 Å². The largest absolute Gasteiger partial charge is 0.497 e. The SMILES string of the molecule is COc1ccc(CC(=O)c2cccc(OCC3CC3)c2)cc1. The second kappa shape index (κ2) is 6.65. The van der Waals surface area contributed by atoms with Crippen LogP contribution in [-0.2, 0) is 6.42 Å². The molecule has 1 aliphatic rings. The normalized spacial score (nSPS) is 13.7. The number of hydrogen-bond acceptors (Lipinski definition) is 3. The molecule has 0 aliphatic heterocycles. The van der Waals surface area contributed by atoms with Crippen molar-refractivity contribution in [1.29, 1.82) is 0 Å². The highest BCUT2D eigenvalue weighted by Crippen LogP contribution is 2.29. The number of benzene rings is 2. The van der Waals surface area contributed by atoms with Crippen molar-refractivity contribution in [1.82, 2.24) is 0 Å². The van der Waals surface area contributed by atoms with Gasteiger partial charge in [-0.1, -0.05) is 24.3 Å². The van der Waals surface area contributed by atoms with Crippen LogP contribution in [0.4, 0.5) is 0 Å². The summed E-state index contributed by atoms with van der Waals surface area (Å²) in [6.45, 7) is 0.760. The predicted molar refractivity (Wildman–Crippen MR) is 85.7 cm³/mol. The molecule has 3 heteroatoms. The van der Waals surface area contributed by atoms with Gasteiger partial charge in [0.1, 0.15) is 11.5 Å². The summed E-state index contributed by atoms with van der Waals surface area (Å²) in [4.78, 5) is 12.4. The van der Waals surface area contributed by atoms with Crippen molar-refractivity contribution in [2.75, 3.05) is 13.7 Å². The highest BCUT2D eigenvalue weighted by atomic mass is 16.5. The van der Waals surface area contributed by atoms with Gasteiger partial charge in [0.05, 0.1) is 13.7 Å². The van der Waals surface area contributed by atoms with Crippen LogP contribution in [0.5, 0.6) is 11.5 Å². The van der Waals surface area contributed by atoms with Gasteiger partial charge in [0.2, 0.25) is 0 Å². The quantitative estimate of drug-likeness (QED) is 0.727. The molecule has 0 heterocycles. The van der Waals surface area contributed by atoms with Gasteiger partial charge in [-0.2, -0.15) is 0 Å². The molecule has 1 fully saturated rings. The minimum Gasteiger partial charge on any atom is -0.497 e. The summed E-state index contributed by atoms with van der Waals surface area (Å²) in [7, 11) is 1.63. The van der Waals surface area contributed by atoms with E-state index in [0.717, 1.165) is 23.7 Å². The first-order valence-electron chi connectivity index (χ1n) is 7.63. The maximum absolute atomic E-state index is 12.4. The third-order valence-corrected chi connectivity index (χ3v) is 3.86. The van der Waals surface area contributed by atoms with E-state index in [1.54, 1.807) is 7.11 Å². The van der Waals surface area contributed by atoms with Gasteiger partial charge >= 0.3 is 0 Å². The number of Topliss-reactive ketones (excluding diaryl/α,β-unsaturated/α-hetero) is 1. The Bertz CT molecular complexity index is 642. The van der Waals surface area contributed by atoms with E-state index in [-0.39, 0.29) is 5.78 Å². The Kier molecular flexibility index (Phi) is 4.42. The van der Waals surface area contributed by atoms with Crippen molar-refractivity contribution in [2.24, 2.45) is 5.92 Å². The van der Waals surface area contributed by atoms with E-state index in [1.165, 1.54) is 12.8 Å². The van der Waals surface area contributed by atoms with Crippen molar-refractivity contribution in [3.63, 3.8) is 0 Å². The van der Waals surface area contributed by atoms with Crippen LogP contribution in [-0.4, -0.2) is 19.5 Å². The van der Waals surface area contributed by atoms with Crippen LogP contribution in [0, 0.1) is 5.92 Å². The molecule has 0 N–H and O–H groups in total. The standard InChI is InChI=1S/C19H20O3/c1-21-17-9-7-14(8-10-17)11-19(20)16-3-2-4-18(12-16)22-13-15-5-6-15/h2-4,7-10,12,15H,5-6,11,13H2,1H3. The molecule has 3 rings (SSSR count). The first kappa shape index (κ1) is 14.6. The highest BCUT2D eigenvalue weighted by molar-refractivity contribution is 5.97. The van der Waals surface area contributed by atoms with E-state index in [0.29, 0.717) is 17.9 Å². The number of rotatable bonds is 7. The molecule has 0 atom stereocenters. The number of carbonyl (C=O) groups excluding carboxylic acids is 1. The fraction of sp³-hybridized carbons (Fsp3) is 0.316. The summed E-state index contributed by atoms with van der Waals surface area (Å²) in [5, 5.41) is 0.